The van der Waals surface area contributed by atoms with Gasteiger partial charge in [-0.15, -0.1) is 0 Å². The standard InChI is InChI=1S/C9H8N4O3/c1-10-7-3-6-5(2-8(7)13(15)16)9(14)12-4-11-6/h2-4,10H,1H3,(H,11,12,14). The van der Waals surface area contributed by atoms with Crippen LogP contribution >= 0.6 is 0 Å². The maximum atomic E-state index is 11.4. The Balaban J connectivity index is 2.86. The predicted octanol–water partition coefficient (Wildman–Crippen LogP) is 0.873. The van der Waals surface area contributed by atoms with Gasteiger partial charge in [0.15, 0.2) is 0 Å². The van der Waals surface area contributed by atoms with Crippen molar-refractivity contribution in [3.63, 3.8) is 0 Å². The summed E-state index contributed by atoms with van der Waals surface area (Å²) < 4.78 is 0. The summed E-state index contributed by atoms with van der Waals surface area (Å²) in [6, 6.07) is 2.69. The van der Waals surface area contributed by atoms with Crippen molar-refractivity contribution in [2.24, 2.45) is 0 Å². The minimum atomic E-state index is -0.544. The number of H-pyrrole nitrogens is 1. The van der Waals surface area contributed by atoms with E-state index >= 15 is 0 Å². The van der Waals surface area contributed by atoms with Crippen molar-refractivity contribution >= 4 is 22.3 Å². The molecule has 0 bridgehead atoms. The number of nitrogens with zero attached hydrogens (tertiary/aromatic N) is 2. The molecule has 0 atom stereocenters. The van der Waals surface area contributed by atoms with Crippen LogP contribution in [-0.4, -0.2) is 21.9 Å². The molecule has 1 aromatic carbocycles. The molecular formula is C9H8N4O3. The molecule has 1 heterocycles. The highest BCUT2D eigenvalue weighted by molar-refractivity contribution is 5.86. The molecule has 7 nitrogen and oxygen atoms in total. The highest BCUT2D eigenvalue weighted by atomic mass is 16.6. The molecule has 82 valence electrons. The number of anilines is 1. The fourth-order valence-corrected chi connectivity index (χ4v) is 1.45. The smallest absolute Gasteiger partial charge is 0.293 e. The molecule has 0 aliphatic carbocycles. The van der Waals surface area contributed by atoms with Crippen molar-refractivity contribution < 1.29 is 4.92 Å². The van der Waals surface area contributed by atoms with Crippen LogP contribution in [0.3, 0.4) is 0 Å². The van der Waals surface area contributed by atoms with E-state index in [-0.39, 0.29) is 11.1 Å². The van der Waals surface area contributed by atoms with Gasteiger partial charge in [-0.2, -0.15) is 0 Å². The zero-order chi connectivity index (χ0) is 11.7. The largest absolute Gasteiger partial charge is 0.383 e. The summed E-state index contributed by atoms with van der Waals surface area (Å²) in [5.41, 5.74) is 0.207. The van der Waals surface area contributed by atoms with Gasteiger partial charge in [0.1, 0.15) is 5.69 Å². The summed E-state index contributed by atoms with van der Waals surface area (Å²) in [4.78, 5) is 27.9. The molecule has 7 heteroatoms. The lowest BCUT2D eigenvalue weighted by molar-refractivity contribution is -0.383. The molecular weight excluding hydrogens is 212 g/mol. The number of aromatic nitrogens is 2. The third-order valence-corrected chi connectivity index (χ3v) is 2.22. The lowest BCUT2D eigenvalue weighted by Gasteiger charge is -2.03. The van der Waals surface area contributed by atoms with Crippen molar-refractivity contribution in [2.45, 2.75) is 0 Å². The van der Waals surface area contributed by atoms with E-state index in [2.05, 4.69) is 15.3 Å². The number of nitrogens with one attached hydrogen (secondary N) is 2. The number of benzene rings is 1. The molecule has 16 heavy (non-hydrogen) atoms. The molecule has 0 radical (unpaired) electrons. The molecule has 0 fully saturated rings. The predicted molar refractivity (Wildman–Crippen MR) is 58.6 cm³/mol. The van der Waals surface area contributed by atoms with Gasteiger partial charge in [0.2, 0.25) is 0 Å². The number of fused-ring (bicyclic) bond motifs is 1. The molecule has 2 aromatic rings. The number of hydrogen-bond acceptors (Lipinski definition) is 5. The van der Waals surface area contributed by atoms with Gasteiger partial charge in [-0.05, 0) is 6.07 Å². The van der Waals surface area contributed by atoms with E-state index in [0.29, 0.717) is 11.2 Å². The topological polar surface area (TPSA) is 101 Å². The summed E-state index contributed by atoms with van der Waals surface area (Å²) in [6.45, 7) is 0. The van der Waals surface area contributed by atoms with E-state index < -0.39 is 10.5 Å². The normalized spacial score (nSPS) is 10.3. The Hall–Kier alpha value is -2.44. The van der Waals surface area contributed by atoms with Crippen molar-refractivity contribution in [3.05, 3.63) is 38.9 Å². The number of aromatic amines is 1. The molecule has 1 aromatic heterocycles. The van der Waals surface area contributed by atoms with Gasteiger partial charge in [-0.1, -0.05) is 0 Å². The second-order valence-corrected chi connectivity index (χ2v) is 3.13. The maximum absolute atomic E-state index is 11.4. The van der Waals surface area contributed by atoms with Gasteiger partial charge in [0.25, 0.3) is 11.2 Å². The van der Waals surface area contributed by atoms with E-state index in [4.69, 9.17) is 0 Å². The first kappa shape index (κ1) is 10.1. The molecule has 0 saturated heterocycles. The van der Waals surface area contributed by atoms with Crippen LogP contribution in [0.25, 0.3) is 10.9 Å². The van der Waals surface area contributed by atoms with Gasteiger partial charge < -0.3 is 10.3 Å². The Morgan fingerprint density at radius 3 is 2.88 bits per heavy atom. The summed E-state index contributed by atoms with van der Waals surface area (Å²) in [6.07, 6.45) is 1.26. The third kappa shape index (κ3) is 1.48. The molecule has 0 spiro atoms. The van der Waals surface area contributed by atoms with Crippen molar-refractivity contribution in [2.75, 3.05) is 12.4 Å². The van der Waals surface area contributed by atoms with Crippen LogP contribution in [0, 0.1) is 10.1 Å². The Kier molecular flexibility index (Phi) is 2.28. The number of nitro groups is 1. The van der Waals surface area contributed by atoms with E-state index in [1.165, 1.54) is 18.5 Å². The molecule has 0 aliphatic rings. The van der Waals surface area contributed by atoms with Crippen LogP contribution in [0.4, 0.5) is 11.4 Å². The average Bonchev–Trinajstić information content (AvgIpc) is 2.27. The maximum Gasteiger partial charge on any atom is 0.293 e. The fraction of sp³-hybridized carbons (Fsp3) is 0.111. The summed E-state index contributed by atoms with van der Waals surface area (Å²) in [5.74, 6) is 0. The first-order chi connectivity index (χ1) is 7.63. The summed E-state index contributed by atoms with van der Waals surface area (Å²) in [7, 11) is 1.57. The highest BCUT2D eigenvalue weighted by Gasteiger charge is 2.15. The fourth-order valence-electron chi connectivity index (χ4n) is 1.45. The molecule has 2 rings (SSSR count). The van der Waals surface area contributed by atoms with Gasteiger partial charge in [0.05, 0.1) is 22.2 Å². The van der Waals surface area contributed by atoms with Crippen LogP contribution < -0.4 is 10.9 Å². The zero-order valence-corrected chi connectivity index (χ0v) is 8.35. The Morgan fingerprint density at radius 2 is 2.25 bits per heavy atom. The number of rotatable bonds is 2. The van der Waals surface area contributed by atoms with Crippen LogP contribution in [-0.2, 0) is 0 Å². The van der Waals surface area contributed by atoms with Gasteiger partial charge >= 0.3 is 0 Å². The van der Waals surface area contributed by atoms with Gasteiger partial charge in [-0.25, -0.2) is 4.98 Å². The van der Waals surface area contributed by atoms with Crippen LogP contribution in [0.5, 0.6) is 0 Å². The first-order valence-electron chi connectivity index (χ1n) is 4.47. The number of hydrogen-bond donors (Lipinski definition) is 2. The Morgan fingerprint density at radius 1 is 1.50 bits per heavy atom. The monoisotopic (exact) mass is 220 g/mol. The van der Waals surface area contributed by atoms with E-state index in [1.54, 1.807) is 7.05 Å². The molecule has 0 amide bonds. The van der Waals surface area contributed by atoms with Gasteiger partial charge in [-0.3, -0.25) is 14.9 Å². The van der Waals surface area contributed by atoms with E-state index in [1.807, 2.05) is 0 Å². The minimum absolute atomic E-state index is 0.145. The number of nitro benzene ring substituents is 1. The zero-order valence-electron chi connectivity index (χ0n) is 8.35. The molecule has 0 unspecified atom stereocenters. The van der Waals surface area contributed by atoms with E-state index in [0.717, 1.165) is 0 Å². The summed E-state index contributed by atoms with van der Waals surface area (Å²) >= 11 is 0. The average molecular weight is 220 g/mol. The Bertz CT molecular complexity index is 620. The van der Waals surface area contributed by atoms with Gasteiger partial charge in [0, 0.05) is 13.1 Å². The highest BCUT2D eigenvalue weighted by Crippen LogP contribution is 2.27. The molecule has 0 saturated carbocycles. The molecule has 2 N–H and O–H groups in total. The molecule has 0 aliphatic heterocycles. The SMILES string of the molecule is CNc1cc2nc[nH]c(=O)c2cc1[N+](=O)[O-]. The summed E-state index contributed by atoms with van der Waals surface area (Å²) in [5, 5.41) is 13.7. The third-order valence-electron chi connectivity index (χ3n) is 2.22. The lowest BCUT2D eigenvalue weighted by Crippen LogP contribution is -2.07. The van der Waals surface area contributed by atoms with Crippen molar-refractivity contribution in [3.8, 4) is 0 Å². The van der Waals surface area contributed by atoms with E-state index in [9.17, 15) is 14.9 Å². The van der Waals surface area contributed by atoms with Crippen molar-refractivity contribution in [1.82, 2.24) is 9.97 Å². The second-order valence-electron chi connectivity index (χ2n) is 3.13. The van der Waals surface area contributed by atoms with Crippen LogP contribution in [0.15, 0.2) is 23.3 Å². The first-order valence-corrected chi connectivity index (χ1v) is 4.47. The lowest BCUT2D eigenvalue weighted by atomic mass is 10.2. The minimum Gasteiger partial charge on any atom is -0.383 e. The van der Waals surface area contributed by atoms with Crippen molar-refractivity contribution in [1.29, 1.82) is 0 Å². The quantitative estimate of drug-likeness (QED) is 0.577. The van der Waals surface area contributed by atoms with Crippen LogP contribution in [0.1, 0.15) is 0 Å². The second kappa shape index (κ2) is 3.61. The Labute approximate surface area is 89.3 Å². The van der Waals surface area contributed by atoms with Crippen LogP contribution in [0.2, 0.25) is 0 Å².